The first kappa shape index (κ1) is 22.5. The number of pyridine rings is 1. The molecule has 1 atom stereocenters. The second-order valence-electron chi connectivity index (χ2n) is 7.96. The molecular weight excluding hydrogens is 375 g/mol. The first-order chi connectivity index (χ1) is 13.3. The molecule has 1 unspecified atom stereocenters. The van der Waals surface area contributed by atoms with E-state index in [2.05, 4.69) is 41.6 Å². The molecule has 1 saturated heterocycles. The second-order valence-corrected chi connectivity index (χ2v) is 9.08. The molecule has 0 aliphatic carbocycles. The van der Waals surface area contributed by atoms with E-state index in [1.165, 1.54) is 16.9 Å². The number of rotatable bonds is 6. The number of aromatic nitrogens is 1. The first-order valence-electron chi connectivity index (χ1n) is 9.54. The van der Waals surface area contributed by atoms with E-state index < -0.39 is 0 Å². The maximum Gasteiger partial charge on any atom is 0.204 e. The van der Waals surface area contributed by atoms with Crippen LogP contribution in [0.3, 0.4) is 0 Å². The number of carbonyl (C=O) groups is 1. The van der Waals surface area contributed by atoms with Crippen LogP contribution in [0.25, 0.3) is 0 Å². The summed E-state index contributed by atoms with van der Waals surface area (Å²) in [5, 5.41) is -0.0992. The van der Waals surface area contributed by atoms with Crippen LogP contribution in [-0.2, 0) is 16.8 Å². The predicted molar refractivity (Wildman–Crippen MR) is 113 cm³/mol. The van der Waals surface area contributed by atoms with Gasteiger partial charge in [0.25, 0.3) is 0 Å². The summed E-state index contributed by atoms with van der Waals surface area (Å²) in [4.78, 5) is 16.7. The minimum absolute atomic E-state index is 0.0628. The van der Waals surface area contributed by atoms with Crippen molar-refractivity contribution in [3.05, 3.63) is 51.7 Å². The van der Waals surface area contributed by atoms with Crippen molar-refractivity contribution in [3.63, 3.8) is 0 Å². The van der Waals surface area contributed by atoms with Crippen molar-refractivity contribution in [2.24, 2.45) is 16.9 Å². The van der Waals surface area contributed by atoms with Crippen LogP contribution in [0, 0.1) is 17.5 Å². The van der Waals surface area contributed by atoms with Gasteiger partial charge in [0.2, 0.25) is 6.41 Å². The predicted octanol–water partition coefficient (Wildman–Crippen LogP) is 3.21. The Morgan fingerprint density at radius 3 is 2.61 bits per heavy atom. The third-order valence-electron chi connectivity index (χ3n) is 5.81. The smallest absolute Gasteiger partial charge is 0.204 e. The zero-order valence-corrected chi connectivity index (χ0v) is 17.8. The largest absolute Gasteiger partial charge is 0.372 e. The number of likely N-dealkylation sites (tertiary alicyclic amines) is 1. The summed E-state index contributed by atoms with van der Waals surface area (Å²) in [5.74, 6) is 0. The highest BCUT2D eigenvalue weighted by molar-refractivity contribution is 7.10. The molecular formula is C21H31FN4OS. The molecule has 0 radical (unpaired) electrons. The highest BCUT2D eigenvalue weighted by Gasteiger charge is 2.42. The van der Waals surface area contributed by atoms with Crippen LogP contribution < -0.4 is 11.5 Å². The molecule has 1 aliphatic rings. The van der Waals surface area contributed by atoms with Crippen molar-refractivity contribution in [2.75, 3.05) is 19.6 Å². The highest BCUT2D eigenvalue weighted by Crippen LogP contribution is 2.41. The molecule has 0 spiro atoms. The minimum atomic E-state index is -0.0992. The molecule has 0 bridgehead atoms. The van der Waals surface area contributed by atoms with Gasteiger partial charge in [-0.1, -0.05) is 6.07 Å². The second kappa shape index (κ2) is 9.58. The van der Waals surface area contributed by atoms with Gasteiger partial charge >= 0.3 is 0 Å². The third-order valence-corrected chi connectivity index (χ3v) is 6.74. The molecule has 0 saturated carbocycles. The summed E-state index contributed by atoms with van der Waals surface area (Å²) in [6.45, 7) is 9.25. The van der Waals surface area contributed by atoms with E-state index in [1.54, 1.807) is 6.07 Å². The summed E-state index contributed by atoms with van der Waals surface area (Å²) < 4.78 is 13.2. The Hall–Kier alpha value is -1.83. The summed E-state index contributed by atoms with van der Waals surface area (Å²) in [7, 11) is 0. The average molecular weight is 407 g/mol. The lowest BCUT2D eigenvalue weighted by Crippen LogP contribution is -2.43. The Kier molecular flexibility index (Phi) is 7.69. The summed E-state index contributed by atoms with van der Waals surface area (Å²) in [5.41, 5.74) is 12.7. The number of nitrogens with two attached hydrogens (primary N) is 2. The molecule has 3 heterocycles. The van der Waals surface area contributed by atoms with Crippen molar-refractivity contribution in [3.8, 4) is 0 Å². The number of halogens is 1. The molecule has 1 fully saturated rings. The van der Waals surface area contributed by atoms with E-state index in [1.807, 2.05) is 19.2 Å². The summed E-state index contributed by atoms with van der Waals surface area (Å²) in [6.07, 6.45) is 5.26. The van der Waals surface area contributed by atoms with Gasteiger partial charge in [0.15, 0.2) is 5.13 Å². The maximum atomic E-state index is 13.2. The molecule has 5 nitrogen and oxygen atoms in total. The Balaban J connectivity index is 0.000000878. The number of carbonyl (C=O) groups excluding carboxylic acids is 1. The summed E-state index contributed by atoms with van der Waals surface area (Å²) >= 11 is 1.26. The Labute approximate surface area is 170 Å². The van der Waals surface area contributed by atoms with Crippen molar-refractivity contribution >= 4 is 17.7 Å². The lowest BCUT2D eigenvalue weighted by molar-refractivity contribution is -0.106. The van der Waals surface area contributed by atoms with Crippen LogP contribution in [-0.4, -0.2) is 35.9 Å². The lowest BCUT2D eigenvalue weighted by atomic mass is 9.82. The van der Waals surface area contributed by atoms with Crippen LogP contribution in [0.5, 0.6) is 0 Å². The zero-order valence-electron chi connectivity index (χ0n) is 17.0. The number of nitrogens with zero attached hydrogens (tertiary/aromatic N) is 2. The van der Waals surface area contributed by atoms with Crippen molar-refractivity contribution in [2.45, 2.75) is 45.6 Å². The lowest BCUT2D eigenvalue weighted by Gasteiger charge is -2.38. The van der Waals surface area contributed by atoms with Gasteiger partial charge in [-0.3, -0.25) is 14.7 Å². The molecule has 1 aliphatic heterocycles. The zero-order chi connectivity index (χ0) is 20.8. The van der Waals surface area contributed by atoms with Crippen LogP contribution in [0.1, 0.15) is 42.8 Å². The Bertz CT molecular complexity index is 762. The molecule has 2 aromatic rings. The Morgan fingerprint density at radius 1 is 1.36 bits per heavy atom. The number of amides is 1. The molecule has 2 aromatic heterocycles. The van der Waals surface area contributed by atoms with Crippen molar-refractivity contribution in [1.29, 1.82) is 0 Å². The molecule has 3 rings (SSSR count). The van der Waals surface area contributed by atoms with Gasteiger partial charge in [-0.15, -0.1) is 11.3 Å². The maximum absolute atomic E-state index is 13.2. The van der Waals surface area contributed by atoms with Crippen molar-refractivity contribution in [1.82, 2.24) is 9.88 Å². The minimum Gasteiger partial charge on any atom is -0.372 e. The number of primary amides is 1. The van der Waals surface area contributed by atoms with Gasteiger partial charge in [0.1, 0.15) is 0 Å². The molecule has 4 N–H and O–H groups in total. The summed E-state index contributed by atoms with van der Waals surface area (Å²) in [6, 6.07) is 7.72. The van der Waals surface area contributed by atoms with Crippen LogP contribution >= 0.6 is 11.3 Å². The van der Waals surface area contributed by atoms with Crippen molar-refractivity contribution < 1.29 is 9.18 Å². The van der Waals surface area contributed by atoms with Gasteiger partial charge in [-0.25, -0.2) is 0 Å². The fourth-order valence-corrected chi connectivity index (χ4v) is 4.50. The monoisotopic (exact) mass is 406 g/mol. The normalized spacial score (nSPS) is 19.9. The van der Waals surface area contributed by atoms with Gasteiger partial charge < -0.3 is 11.5 Å². The number of thiophene rings is 1. The Morgan fingerprint density at radius 2 is 2.07 bits per heavy atom. The van der Waals surface area contributed by atoms with Gasteiger partial charge in [0.05, 0.1) is 0 Å². The first-order valence-corrected chi connectivity index (χ1v) is 10.4. The SMILES string of the molecule is Cc1ccc(C(C)(C)N2CCC(CN)(CCc3ccc(F)s3)C2)cn1.NC=O. The van der Waals surface area contributed by atoms with Crippen LogP contribution in [0.2, 0.25) is 0 Å². The topological polar surface area (TPSA) is 85.2 Å². The van der Waals surface area contributed by atoms with E-state index in [0.717, 1.165) is 42.9 Å². The number of hydrogen-bond acceptors (Lipinski definition) is 5. The quantitative estimate of drug-likeness (QED) is 0.722. The van der Waals surface area contributed by atoms with Gasteiger partial charge in [0, 0.05) is 28.9 Å². The van der Waals surface area contributed by atoms with E-state index in [9.17, 15) is 4.39 Å². The van der Waals surface area contributed by atoms with E-state index in [0.29, 0.717) is 6.54 Å². The number of aryl methyl sites for hydroxylation is 2. The van der Waals surface area contributed by atoms with Crippen LogP contribution in [0.15, 0.2) is 30.5 Å². The van der Waals surface area contributed by atoms with Crippen LogP contribution in [0.4, 0.5) is 4.39 Å². The third kappa shape index (κ3) is 5.37. The molecule has 154 valence electrons. The van der Waals surface area contributed by atoms with E-state index in [-0.39, 0.29) is 22.5 Å². The van der Waals surface area contributed by atoms with E-state index in [4.69, 9.17) is 10.5 Å². The van der Waals surface area contributed by atoms with Gasteiger partial charge in [-0.2, -0.15) is 4.39 Å². The highest BCUT2D eigenvalue weighted by atomic mass is 32.1. The molecule has 0 aromatic carbocycles. The molecule has 1 amide bonds. The standard InChI is InChI=1S/C20H28FN3S.CH3NO/c1-15-4-5-16(12-23-15)19(2,3)24-11-10-20(13-22,14-24)9-8-17-6-7-18(21)25-17;2-1-3/h4-7,12H,8-11,13-14,22H2,1-3H3;1H,(H2,2,3). The number of hydrogen-bond donors (Lipinski definition) is 2. The molecule has 28 heavy (non-hydrogen) atoms. The van der Waals surface area contributed by atoms with Gasteiger partial charge in [-0.05, 0) is 82.3 Å². The van der Waals surface area contributed by atoms with E-state index >= 15 is 0 Å². The fourth-order valence-electron chi connectivity index (χ4n) is 3.77. The average Bonchev–Trinajstić information content (AvgIpc) is 3.28. The fraction of sp³-hybridized carbons (Fsp3) is 0.524. The molecule has 7 heteroatoms.